The average Bonchev–Trinajstić information content (AvgIpc) is 2.73. The third-order valence-corrected chi connectivity index (χ3v) is 3.81. The number of halogens is 1. The van der Waals surface area contributed by atoms with Crippen molar-refractivity contribution in [1.29, 1.82) is 0 Å². The summed E-state index contributed by atoms with van der Waals surface area (Å²) in [7, 11) is 1.20. The number of methoxy groups -OCH3 is 1. The summed E-state index contributed by atoms with van der Waals surface area (Å²) in [5.41, 5.74) is -0.546. The first kappa shape index (κ1) is 15.3. The van der Waals surface area contributed by atoms with Gasteiger partial charge in [-0.05, 0) is 24.1 Å². The van der Waals surface area contributed by atoms with E-state index in [1.807, 2.05) is 0 Å². The van der Waals surface area contributed by atoms with Crippen molar-refractivity contribution in [1.82, 2.24) is 10.2 Å². The maximum atomic E-state index is 12.6. The van der Waals surface area contributed by atoms with Gasteiger partial charge in [0.1, 0.15) is 12.1 Å². The molecule has 0 aromatic heterocycles. The number of amides is 3. The largest absolute Gasteiger partial charge is 0.468 e. The highest BCUT2D eigenvalue weighted by atomic mass is 35.5. The Bertz CT molecular complexity index is 587. The lowest BCUT2D eigenvalue weighted by atomic mass is 9.87. The number of hydrogen-bond acceptors (Lipinski definition) is 4. The van der Waals surface area contributed by atoms with Crippen molar-refractivity contribution in [3.63, 3.8) is 0 Å². The van der Waals surface area contributed by atoms with Crippen LogP contribution in [0.4, 0.5) is 4.79 Å². The van der Waals surface area contributed by atoms with E-state index in [1.165, 1.54) is 7.11 Å². The van der Waals surface area contributed by atoms with E-state index in [0.29, 0.717) is 17.0 Å². The van der Waals surface area contributed by atoms with Gasteiger partial charge in [0.2, 0.25) is 0 Å². The molecule has 2 rings (SSSR count). The summed E-state index contributed by atoms with van der Waals surface area (Å²) >= 11 is 5.84. The Morgan fingerprint density at radius 2 is 1.95 bits per heavy atom. The van der Waals surface area contributed by atoms with E-state index in [9.17, 15) is 14.4 Å². The molecule has 0 spiro atoms. The van der Waals surface area contributed by atoms with E-state index in [4.69, 9.17) is 11.6 Å². The van der Waals surface area contributed by atoms with E-state index in [-0.39, 0.29) is 0 Å². The first-order valence-electron chi connectivity index (χ1n) is 6.41. The third-order valence-electron chi connectivity index (χ3n) is 3.56. The quantitative estimate of drug-likeness (QED) is 0.678. The number of benzene rings is 1. The SMILES string of the molecule is CC[C@]1(c2ccc(Cl)cc2)NC(=O)N(CC(=O)OC)C1=O. The van der Waals surface area contributed by atoms with Crippen molar-refractivity contribution >= 4 is 29.5 Å². The van der Waals surface area contributed by atoms with Crippen LogP contribution < -0.4 is 5.32 Å². The number of urea groups is 1. The molecule has 1 heterocycles. The minimum atomic E-state index is -1.17. The van der Waals surface area contributed by atoms with Crippen LogP contribution in [0.1, 0.15) is 18.9 Å². The van der Waals surface area contributed by atoms with E-state index < -0.39 is 30.0 Å². The summed E-state index contributed by atoms with van der Waals surface area (Å²) in [6.07, 6.45) is 0.358. The summed E-state index contributed by atoms with van der Waals surface area (Å²) in [5.74, 6) is -1.12. The van der Waals surface area contributed by atoms with Gasteiger partial charge < -0.3 is 10.1 Å². The first-order chi connectivity index (χ1) is 9.94. The molecular weight excluding hydrogens is 296 g/mol. The summed E-state index contributed by atoms with van der Waals surface area (Å²) in [6, 6.07) is 6.06. The van der Waals surface area contributed by atoms with Crippen LogP contribution in [0.5, 0.6) is 0 Å². The van der Waals surface area contributed by atoms with Gasteiger partial charge in [-0.3, -0.25) is 14.5 Å². The Kier molecular flexibility index (Phi) is 4.18. The number of esters is 1. The molecule has 0 bridgehead atoms. The minimum absolute atomic E-state index is 0.358. The fraction of sp³-hybridized carbons (Fsp3) is 0.357. The second-order valence-corrected chi connectivity index (χ2v) is 5.10. The van der Waals surface area contributed by atoms with E-state index in [1.54, 1.807) is 31.2 Å². The molecule has 1 aromatic carbocycles. The van der Waals surface area contributed by atoms with Gasteiger partial charge in [-0.2, -0.15) is 0 Å². The molecule has 1 aromatic rings. The number of rotatable bonds is 4. The van der Waals surface area contributed by atoms with Crippen LogP contribution >= 0.6 is 11.6 Å². The molecule has 1 saturated heterocycles. The Balaban J connectivity index is 2.37. The van der Waals surface area contributed by atoms with Crippen molar-refractivity contribution in [3.05, 3.63) is 34.9 Å². The molecule has 6 nitrogen and oxygen atoms in total. The minimum Gasteiger partial charge on any atom is -0.468 e. The molecule has 1 aliphatic rings. The molecule has 1 N–H and O–H groups in total. The van der Waals surface area contributed by atoms with Crippen molar-refractivity contribution in [2.45, 2.75) is 18.9 Å². The van der Waals surface area contributed by atoms with Crippen LogP contribution in [0, 0.1) is 0 Å². The molecule has 1 atom stereocenters. The smallest absolute Gasteiger partial charge is 0.325 e. The summed E-state index contributed by atoms with van der Waals surface area (Å²) in [5, 5.41) is 3.20. The van der Waals surface area contributed by atoms with Gasteiger partial charge in [-0.1, -0.05) is 30.7 Å². The van der Waals surface area contributed by atoms with Crippen molar-refractivity contribution in [3.8, 4) is 0 Å². The number of ether oxygens (including phenoxy) is 1. The van der Waals surface area contributed by atoms with Crippen LogP contribution in [-0.2, 0) is 19.9 Å². The number of nitrogens with one attached hydrogen (secondary N) is 1. The zero-order valence-electron chi connectivity index (χ0n) is 11.7. The lowest BCUT2D eigenvalue weighted by Crippen LogP contribution is -2.43. The molecule has 21 heavy (non-hydrogen) atoms. The molecule has 3 amide bonds. The van der Waals surface area contributed by atoms with E-state index in [0.717, 1.165) is 4.90 Å². The molecule has 0 unspecified atom stereocenters. The molecule has 0 radical (unpaired) electrons. The molecule has 0 aliphatic carbocycles. The Morgan fingerprint density at radius 3 is 2.48 bits per heavy atom. The maximum Gasteiger partial charge on any atom is 0.325 e. The van der Waals surface area contributed by atoms with Crippen LogP contribution in [0.3, 0.4) is 0 Å². The van der Waals surface area contributed by atoms with Crippen molar-refractivity contribution in [2.75, 3.05) is 13.7 Å². The van der Waals surface area contributed by atoms with Crippen molar-refractivity contribution in [2.24, 2.45) is 0 Å². The number of hydrogen-bond donors (Lipinski definition) is 1. The fourth-order valence-corrected chi connectivity index (χ4v) is 2.46. The fourth-order valence-electron chi connectivity index (χ4n) is 2.34. The molecule has 112 valence electrons. The number of carbonyl (C=O) groups is 3. The molecule has 7 heteroatoms. The highest BCUT2D eigenvalue weighted by molar-refractivity contribution is 6.30. The van der Waals surface area contributed by atoms with Gasteiger partial charge in [-0.25, -0.2) is 4.79 Å². The monoisotopic (exact) mass is 310 g/mol. The number of nitrogens with zero attached hydrogens (tertiary/aromatic N) is 1. The average molecular weight is 311 g/mol. The van der Waals surface area contributed by atoms with Crippen LogP contribution in [0.25, 0.3) is 0 Å². The van der Waals surface area contributed by atoms with Crippen LogP contribution in [-0.4, -0.2) is 36.5 Å². The van der Waals surface area contributed by atoms with Crippen molar-refractivity contribution < 1.29 is 19.1 Å². The number of imide groups is 1. The molecule has 1 fully saturated rings. The van der Waals surface area contributed by atoms with Gasteiger partial charge in [0.15, 0.2) is 0 Å². The first-order valence-corrected chi connectivity index (χ1v) is 6.79. The second kappa shape index (κ2) is 5.73. The summed E-state index contributed by atoms with van der Waals surface area (Å²) < 4.78 is 4.50. The Hall–Kier alpha value is -2.08. The standard InChI is InChI=1S/C14H15ClN2O4/c1-3-14(9-4-6-10(15)7-5-9)12(19)17(13(20)16-14)8-11(18)21-2/h4-7H,3,8H2,1-2H3,(H,16,20)/t14-/m1/s1. The number of carbonyl (C=O) groups excluding carboxylic acids is 3. The van der Waals surface area contributed by atoms with E-state index in [2.05, 4.69) is 10.1 Å². The second-order valence-electron chi connectivity index (χ2n) is 4.66. The highest BCUT2D eigenvalue weighted by Crippen LogP contribution is 2.32. The van der Waals surface area contributed by atoms with E-state index >= 15 is 0 Å². The zero-order chi connectivity index (χ0) is 15.6. The van der Waals surface area contributed by atoms with Gasteiger partial charge in [0.05, 0.1) is 7.11 Å². The lowest BCUT2D eigenvalue weighted by Gasteiger charge is -2.25. The topological polar surface area (TPSA) is 75.7 Å². The lowest BCUT2D eigenvalue weighted by molar-refractivity contribution is -0.145. The van der Waals surface area contributed by atoms with Gasteiger partial charge in [-0.15, -0.1) is 0 Å². The van der Waals surface area contributed by atoms with Crippen LogP contribution in [0.2, 0.25) is 5.02 Å². The van der Waals surface area contributed by atoms with Gasteiger partial charge in [0, 0.05) is 5.02 Å². The van der Waals surface area contributed by atoms with Gasteiger partial charge in [0.25, 0.3) is 5.91 Å². The Morgan fingerprint density at radius 1 is 1.33 bits per heavy atom. The molecule has 1 aliphatic heterocycles. The predicted octanol–water partition coefficient (Wildman–Crippen LogP) is 1.67. The zero-order valence-corrected chi connectivity index (χ0v) is 12.4. The Labute approximate surface area is 127 Å². The highest BCUT2D eigenvalue weighted by Gasteiger charge is 2.51. The summed E-state index contributed by atoms with van der Waals surface area (Å²) in [4.78, 5) is 36.8. The summed E-state index contributed by atoms with van der Waals surface area (Å²) in [6.45, 7) is 1.38. The van der Waals surface area contributed by atoms with Crippen LogP contribution in [0.15, 0.2) is 24.3 Å². The normalized spacial score (nSPS) is 21.4. The maximum absolute atomic E-state index is 12.6. The molecule has 0 saturated carbocycles. The third kappa shape index (κ3) is 2.58. The van der Waals surface area contributed by atoms with Gasteiger partial charge >= 0.3 is 12.0 Å². The molecular formula is C14H15ClN2O4. The predicted molar refractivity (Wildman–Crippen MR) is 75.7 cm³/mol.